The molecule has 10 rings (SSSR count). The summed E-state index contributed by atoms with van der Waals surface area (Å²) in [6.07, 6.45) is 0. The highest BCUT2D eigenvalue weighted by atomic mass is 15.2. The maximum atomic E-state index is 2.43. The monoisotopic (exact) mass is 755 g/mol. The lowest BCUT2D eigenvalue weighted by Crippen LogP contribution is -2.13. The van der Waals surface area contributed by atoms with E-state index in [-0.39, 0.29) is 0 Å². The predicted octanol–water partition coefficient (Wildman–Crippen LogP) is 16.1. The van der Waals surface area contributed by atoms with Crippen LogP contribution in [0.25, 0.3) is 32.7 Å². The SMILES string of the molecule is c1ccc(-c2c3cc(N(c4ccccc4)c4ccccc4)ccc3c(N(c3ccccc3)c3ccccc3)c3cc(N(c4ccccc4)c4ccccc4)ccc23)cc1. The fourth-order valence-corrected chi connectivity index (χ4v) is 8.38. The number of rotatable bonds is 10. The van der Waals surface area contributed by atoms with Crippen molar-refractivity contribution >= 4 is 72.7 Å². The summed E-state index contributed by atoms with van der Waals surface area (Å²) in [5, 5.41) is 4.63. The molecule has 59 heavy (non-hydrogen) atoms. The van der Waals surface area contributed by atoms with Crippen LogP contribution in [0.4, 0.5) is 51.2 Å². The van der Waals surface area contributed by atoms with E-state index >= 15 is 0 Å². The Morgan fingerprint density at radius 2 is 0.508 bits per heavy atom. The zero-order chi connectivity index (χ0) is 39.4. The van der Waals surface area contributed by atoms with E-state index in [1.807, 2.05) is 0 Å². The highest BCUT2D eigenvalue weighted by Gasteiger charge is 2.25. The minimum atomic E-state index is 1.08. The van der Waals surface area contributed by atoms with Crippen molar-refractivity contribution in [1.29, 1.82) is 0 Å². The fourth-order valence-electron chi connectivity index (χ4n) is 8.38. The van der Waals surface area contributed by atoms with E-state index in [0.29, 0.717) is 0 Å². The second-order valence-corrected chi connectivity index (χ2v) is 14.6. The molecule has 10 aromatic rings. The predicted molar refractivity (Wildman–Crippen MR) is 251 cm³/mol. The standard InChI is InChI=1S/C56H41N3/c1-8-22-42(23-9-1)55-51-38-36-50(58(45-28-14-4-15-29-45)46-30-16-5-17-31-46)41-54(51)56(59(47-32-18-6-19-33-47)48-34-20-7-21-35-48)52-39-37-49(40-53(52)55)57(43-24-10-2-11-25-43)44-26-12-3-13-27-44/h1-41H. The Morgan fingerprint density at radius 1 is 0.203 bits per heavy atom. The van der Waals surface area contributed by atoms with Gasteiger partial charge < -0.3 is 14.7 Å². The van der Waals surface area contributed by atoms with Gasteiger partial charge in [-0.2, -0.15) is 0 Å². The zero-order valence-corrected chi connectivity index (χ0v) is 32.5. The van der Waals surface area contributed by atoms with E-state index < -0.39 is 0 Å². The number of fused-ring (bicyclic) bond motifs is 2. The molecule has 0 aliphatic carbocycles. The van der Waals surface area contributed by atoms with Crippen LogP contribution >= 0.6 is 0 Å². The van der Waals surface area contributed by atoms with E-state index in [1.54, 1.807) is 0 Å². The first-order chi connectivity index (χ1) is 29.3. The third-order valence-electron chi connectivity index (χ3n) is 10.9. The summed E-state index contributed by atoms with van der Waals surface area (Å²) in [4.78, 5) is 7.14. The Bertz CT molecular complexity index is 2840. The molecular formula is C56H41N3. The lowest BCUT2D eigenvalue weighted by Gasteiger charge is -2.32. The molecule has 280 valence electrons. The van der Waals surface area contributed by atoms with Crippen molar-refractivity contribution in [1.82, 2.24) is 0 Å². The highest BCUT2D eigenvalue weighted by Crippen LogP contribution is 2.51. The van der Waals surface area contributed by atoms with Gasteiger partial charge >= 0.3 is 0 Å². The average molecular weight is 756 g/mol. The molecule has 0 unspecified atom stereocenters. The maximum absolute atomic E-state index is 2.43. The van der Waals surface area contributed by atoms with Crippen LogP contribution in [-0.4, -0.2) is 0 Å². The number of hydrogen-bond acceptors (Lipinski definition) is 3. The van der Waals surface area contributed by atoms with Crippen LogP contribution in [0.1, 0.15) is 0 Å². The molecule has 0 radical (unpaired) electrons. The minimum Gasteiger partial charge on any atom is -0.310 e. The van der Waals surface area contributed by atoms with Crippen LogP contribution in [0.15, 0.2) is 249 Å². The number of benzene rings is 10. The molecule has 0 amide bonds. The Kier molecular flexibility index (Phi) is 9.59. The summed E-state index contributed by atoms with van der Waals surface area (Å²) in [5.41, 5.74) is 12.2. The topological polar surface area (TPSA) is 9.72 Å². The van der Waals surface area contributed by atoms with Gasteiger partial charge in [-0.15, -0.1) is 0 Å². The van der Waals surface area contributed by atoms with Gasteiger partial charge in [0.25, 0.3) is 0 Å². The summed E-state index contributed by atoms with van der Waals surface area (Å²) < 4.78 is 0. The molecular weight excluding hydrogens is 715 g/mol. The molecule has 0 spiro atoms. The first-order valence-corrected chi connectivity index (χ1v) is 20.1. The normalized spacial score (nSPS) is 11.1. The number of nitrogens with zero attached hydrogens (tertiary/aromatic N) is 3. The largest absolute Gasteiger partial charge is 0.310 e. The molecule has 0 aromatic heterocycles. The van der Waals surface area contributed by atoms with Gasteiger partial charge in [0.2, 0.25) is 0 Å². The quantitative estimate of drug-likeness (QED) is 0.129. The Balaban J connectivity index is 1.34. The maximum Gasteiger partial charge on any atom is 0.0619 e. The van der Waals surface area contributed by atoms with Crippen molar-refractivity contribution in [2.75, 3.05) is 14.7 Å². The number of hydrogen-bond donors (Lipinski definition) is 0. The molecule has 3 heteroatoms. The molecule has 3 nitrogen and oxygen atoms in total. The van der Waals surface area contributed by atoms with Gasteiger partial charge in [-0.3, -0.25) is 0 Å². The van der Waals surface area contributed by atoms with Crippen molar-refractivity contribution in [3.8, 4) is 11.1 Å². The van der Waals surface area contributed by atoms with Crippen LogP contribution in [0.2, 0.25) is 0 Å². The Morgan fingerprint density at radius 3 is 0.881 bits per heavy atom. The van der Waals surface area contributed by atoms with Gasteiger partial charge in [-0.05, 0) is 119 Å². The minimum absolute atomic E-state index is 1.08. The smallest absolute Gasteiger partial charge is 0.0619 e. The van der Waals surface area contributed by atoms with Gasteiger partial charge in [0.05, 0.1) is 5.69 Å². The molecule has 0 heterocycles. The third kappa shape index (κ3) is 6.85. The number of anilines is 9. The first kappa shape index (κ1) is 35.5. The molecule has 0 aliphatic rings. The van der Waals surface area contributed by atoms with E-state index in [4.69, 9.17) is 0 Å². The van der Waals surface area contributed by atoms with Crippen molar-refractivity contribution in [3.63, 3.8) is 0 Å². The van der Waals surface area contributed by atoms with Crippen molar-refractivity contribution in [2.45, 2.75) is 0 Å². The Labute approximate surface area is 345 Å². The van der Waals surface area contributed by atoms with Gasteiger partial charge in [0.1, 0.15) is 0 Å². The molecule has 0 N–H and O–H groups in total. The van der Waals surface area contributed by atoms with Gasteiger partial charge in [-0.1, -0.05) is 152 Å². The van der Waals surface area contributed by atoms with Crippen molar-refractivity contribution < 1.29 is 0 Å². The second-order valence-electron chi connectivity index (χ2n) is 14.6. The molecule has 0 bridgehead atoms. The van der Waals surface area contributed by atoms with Crippen LogP contribution in [-0.2, 0) is 0 Å². The summed E-state index contributed by atoms with van der Waals surface area (Å²) in [6, 6.07) is 89.0. The van der Waals surface area contributed by atoms with Crippen LogP contribution in [0, 0.1) is 0 Å². The van der Waals surface area contributed by atoms with Crippen LogP contribution < -0.4 is 14.7 Å². The molecule has 0 aliphatic heterocycles. The molecule has 0 fully saturated rings. The summed E-state index contributed by atoms with van der Waals surface area (Å²) in [6.45, 7) is 0. The van der Waals surface area contributed by atoms with Crippen molar-refractivity contribution in [3.05, 3.63) is 249 Å². The number of para-hydroxylation sites is 6. The highest BCUT2D eigenvalue weighted by molar-refractivity contribution is 6.23. The van der Waals surface area contributed by atoms with Crippen molar-refractivity contribution in [2.24, 2.45) is 0 Å². The molecule has 0 atom stereocenters. The zero-order valence-electron chi connectivity index (χ0n) is 32.5. The molecule has 0 saturated heterocycles. The summed E-state index contributed by atoms with van der Waals surface area (Å²) in [7, 11) is 0. The van der Waals surface area contributed by atoms with Gasteiger partial charge in [-0.25, -0.2) is 0 Å². The lowest BCUT2D eigenvalue weighted by molar-refractivity contribution is 1.28. The first-order valence-electron chi connectivity index (χ1n) is 20.1. The summed E-state index contributed by atoms with van der Waals surface area (Å²) >= 11 is 0. The van der Waals surface area contributed by atoms with E-state index in [1.165, 1.54) is 21.9 Å². The fraction of sp³-hybridized carbons (Fsp3) is 0. The van der Waals surface area contributed by atoms with E-state index in [2.05, 4.69) is 263 Å². The molecule has 10 aromatic carbocycles. The van der Waals surface area contributed by atoms with Crippen LogP contribution in [0.5, 0.6) is 0 Å². The van der Waals surface area contributed by atoms with Gasteiger partial charge in [0.15, 0.2) is 0 Å². The average Bonchev–Trinajstić information content (AvgIpc) is 3.31. The third-order valence-corrected chi connectivity index (χ3v) is 10.9. The van der Waals surface area contributed by atoms with Gasteiger partial charge in [0, 0.05) is 56.3 Å². The summed E-state index contributed by atoms with van der Waals surface area (Å²) in [5.74, 6) is 0. The van der Waals surface area contributed by atoms with Crippen LogP contribution in [0.3, 0.4) is 0 Å². The Hall–Kier alpha value is -7.88. The van der Waals surface area contributed by atoms with E-state index in [9.17, 15) is 0 Å². The molecule has 0 saturated carbocycles. The second kappa shape index (κ2) is 15.9. The van der Waals surface area contributed by atoms with E-state index in [0.717, 1.165) is 62.0 Å². The lowest BCUT2D eigenvalue weighted by atomic mass is 9.89.